The quantitative estimate of drug-likeness (QED) is 0.192. The number of carboxylic acids is 1. The highest BCUT2D eigenvalue weighted by molar-refractivity contribution is 5.86. The van der Waals surface area contributed by atoms with E-state index < -0.39 is 29.6 Å². The molecule has 2 unspecified atom stereocenters. The first kappa shape index (κ1) is 35.8. The summed E-state index contributed by atoms with van der Waals surface area (Å²) in [5.41, 5.74) is 1.47. The summed E-state index contributed by atoms with van der Waals surface area (Å²) in [7, 11) is 0. The maximum atomic E-state index is 12.4. The molecule has 0 aliphatic heterocycles. The fourth-order valence-corrected chi connectivity index (χ4v) is 9.91. The fourth-order valence-electron chi connectivity index (χ4n) is 9.91. The summed E-state index contributed by atoms with van der Waals surface area (Å²) in [6, 6.07) is -1.19. The van der Waals surface area contributed by atoms with Crippen molar-refractivity contribution in [2.45, 2.75) is 144 Å². The molecule has 0 aromatic heterocycles. The zero-order valence-electron chi connectivity index (χ0n) is 29.4. The molecule has 0 radical (unpaired) electrons. The molecule has 45 heavy (non-hydrogen) atoms. The van der Waals surface area contributed by atoms with Crippen molar-refractivity contribution in [1.29, 1.82) is 0 Å². The van der Waals surface area contributed by atoms with E-state index in [-0.39, 0.29) is 24.7 Å². The minimum atomic E-state index is -1.19. The molecule has 0 spiro atoms. The molecule has 0 aromatic carbocycles. The SMILES string of the molecule is CC(C)CCC[C@@H](C)[C@H]1CC[C@H]2[C@@H]3CC=C4CC(OCC(NC(=O)CNC(=O)OC(C)(C)C)C(=O)O)CC[C@]4(C)[C@H]3CC[C@]12C. The largest absolute Gasteiger partial charge is 0.480 e. The number of rotatable bonds is 12. The van der Waals surface area contributed by atoms with E-state index >= 15 is 0 Å². The molecule has 8 nitrogen and oxygen atoms in total. The summed E-state index contributed by atoms with van der Waals surface area (Å²) >= 11 is 0. The van der Waals surface area contributed by atoms with E-state index in [4.69, 9.17) is 9.47 Å². The summed E-state index contributed by atoms with van der Waals surface area (Å²) in [6.07, 6.45) is 15.2. The molecule has 4 rings (SSSR count). The molecule has 0 heterocycles. The van der Waals surface area contributed by atoms with E-state index in [1.54, 1.807) is 20.8 Å². The van der Waals surface area contributed by atoms with Crippen LogP contribution in [0.2, 0.25) is 0 Å². The summed E-state index contributed by atoms with van der Waals surface area (Å²) in [6.45, 7) is 17.1. The van der Waals surface area contributed by atoms with E-state index in [1.165, 1.54) is 50.5 Å². The number of nitrogens with one attached hydrogen (secondary N) is 2. The monoisotopic (exact) mass is 630 g/mol. The summed E-state index contributed by atoms with van der Waals surface area (Å²) < 4.78 is 11.3. The van der Waals surface area contributed by atoms with Crippen molar-refractivity contribution in [2.75, 3.05) is 13.2 Å². The van der Waals surface area contributed by atoms with Crippen LogP contribution in [0.5, 0.6) is 0 Å². The van der Waals surface area contributed by atoms with Crippen molar-refractivity contribution in [3.8, 4) is 0 Å². The number of alkyl carbamates (subject to hydrolysis) is 1. The lowest BCUT2D eigenvalue weighted by Crippen LogP contribution is -2.51. The van der Waals surface area contributed by atoms with Crippen LogP contribution in [0.4, 0.5) is 4.79 Å². The van der Waals surface area contributed by atoms with E-state index in [9.17, 15) is 19.5 Å². The van der Waals surface area contributed by atoms with Crippen LogP contribution in [-0.2, 0) is 19.1 Å². The molecule has 8 heteroatoms. The van der Waals surface area contributed by atoms with Gasteiger partial charge in [-0.25, -0.2) is 9.59 Å². The van der Waals surface area contributed by atoms with Gasteiger partial charge in [0.25, 0.3) is 0 Å². The number of hydrogen-bond acceptors (Lipinski definition) is 5. The molecule has 0 aromatic rings. The second-order valence-electron chi connectivity index (χ2n) is 16.8. The molecule has 0 bridgehead atoms. The normalized spacial score (nSPS) is 34.1. The number of carboxylic acid groups (broad SMARTS) is 1. The van der Waals surface area contributed by atoms with E-state index in [0.717, 1.165) is 61.2 Å². The summed E-state index contributed by atoms with van der Waals surface area (Å²) in [5, 5.41) is 14.6. The number of carbonyl (C=O) groups is 3. The van der Waals surface area contributed by atoms with Crippen molar-refractivity contribution in [1.82, 2.24) is 10.6 Å². The fraction of sp³-hybridized carbons (Fsp3) is 0.865. The first-order valence-electron chi connectivity index (χ1n) is 17.8. The van der Waals surface area contributed by atoms with Gasteiger partial charge in [0.1, 0.15) is 12.1 Å². The zero-order chi connectivity index (χ0) is 33.2. The van der Waals surface area contributed by atoms with Crippen molar-refractivity contribution in [3.05, 3.63) is 11.6 Å². The molecule has 3 saturated carbocycles. The van der Waals surface area contributed by atoms with Crippen LogP contribution in [0.25, 0.3) is 0 Å². The molecule has 2 amide bonds. The number of hydrogen-bond donors (Lipinski definition) is 3. The van der Waals surface area contributed by atoms with Gasteiger partial charge in [0.15, 0.2) is 6.04 Å². The Hall–Kier alpha value is -2.09. The van der Waals surface area contributed by atoms with Gasteiger partial charge in [0.05, 0.1) is 12.7 Å². The second-order valence-corrected chi connectivity index (χ2v) is 16.8. The van der Waals surface area contributed by atoms with Crippen LogP contribution < -0.4 is 10.6 Å². The van der Waals surface area contributed by atoms with Crippen LogP contribution in [0.1, 0.15) is 126 Å². The van der Waals surface area contributed by atoms with Crippen molar-refractivity contribution in [3.63, 3.8) is 0 Å². The molecule has 9 atom stereocenters. The molecule has 4 aliphatic rings. The number of allylic oxidation sites excluding steroid dienone is 1. The Morgan fingerprint density at radius 1 is 1.02 bits per heavy atom. The van der Waals surface area contributed by atoms with Gasteiger partial charge in [-0.1, -0.05) is 65.5 Å². The van der Waals surface area contributed by atoms with Gasteiger partial charge in [-0.2, -0.15) is 0 Å². The predicted octanol–water partition coefficient (Wildman–Crippen LogP) is 7.51. The second kappa shape index (κ2) is 14.4. The highest BCUT2D eigenvalue weighted by Crippen LogP contribution is 2.67. The maximum Gasteiger partial charge on any atom is 0.408 e. The Morgan fingerprint density at radius 2 is 1.76 bits per heavy atom. The van der Waals surface area contributed by atoms with Crippen LogP contribution in [0, 0.1) is 46.3 Å². The highest BCUT2D eigenvalue weighted by atomic mass is 16.6. The van der Waals surface area contributed by atoms with E-state index in [0.29, 0.717) is 5.41 Å². The first-order valence-corrected chi connectivity index (χ1v) is 17.8. The Balaban J connectivity index is 1.31. The minimum Gasteiger partial charge on any atom is -0.480 e. The molecule has 3 fully saturated rings. The number of fused-ring (bicyclic) bond motifs is 5. The number of ether oxygens (including phenoxy) is 2. The van der Waals surface area contributed by atoms with Crippen molar-refractivity contribution < 1.29 is 29.0 Å². The van der Waals surface area contributed by atoms with E-state index in [1.807, 2.05) is 0 Å². The standard InChI is InChI=1S/C37H62N2O6/c1-23(2)10-9-11-24(3)28-14-15-29-27-13-12-25-20-26(16-18-36(25,7)30(27)17-19-37(28,29)8)44-22-31(33(41)42)39-32(40)21-38-34(43)45-35(4,5)6/h12,23-24,26-31H,9-11,13-22H2,1-8H3,(H,38,43)(H,39,40)(H,41,42)/t24-,26?,27+,28-,29+,30+,31?,36+,37-/m1/s1. The average Bonchev–Trinajstić information content (AvgIpc) is 3.30. The molecule has 3 N–H and O–H groups in total. The third kappa shape index (κ3) is 8.44. The number of carbonyl (C=O) groups excluding carboxylic acids is 2. The smallest absolute Gasteiger partial charge is 0.408 e. The van der Waals surface area contributed by atoms with Gasteiger partial charge in [-0.15, -0.1) is 0 Å². The Bertz CT molecular complexity index is 1100. The van der Waals surface area contributed by atoms with Gasteiger partial charge >= 0.3 is 12.1 Å². The third-order valence-electron chi connectivity index (χ3n) is 12.2. The molecule has 256 valence electrons. The summed E-state index contributed by atoms with van der Waals surface area (Å²) in [4.78, 5) is 36.1. The first-order chi connectivity index (χ1) is 21.0. The minimum absolute atomic E-state index is 0.0593. The van der Waals surface area contributed by atoms with Gasteiger partial charge < -0.3 is 25.2 Å². The summed E-state index contributed by atoms with van der Waals surface area (Å²) in [5.74, 6) is 3.01. The van der Waals surface area contributed by atoms with Crippen LogP contribution >= 0.6 is 0 Å². The third-order valence-corrected chi connectivity index (χ3v) is 12.2. The molecular weight excluding hydrogens is 568 g/mol. The van der Waals surface area contributed by atoms with Gasteiger partial charge in [-0.05, 0) is 118 Å². The van der Waals surface area contributed by atoms with Crippen molar-refractivity contribution in [2.24, 2.45) is 46.3 Å². The van der Waals surface area contributed by atoms with Crippen LogP contribution in [0.15, 0.2) is 11.6 Å². The predicted molar refractivity (Wildman–Crippen MR) is 177 cm³/mol. The van der Waals surface area contributed by atoms with Crippen LogP contribution in [0.3, 0.4) is 0 Å². The lowest BCUT2D eigenvalue weighted by Gasteiger charge is -2.58. The Labute approximate surface area is 272 Å². The van der Waals surface area contributed by atoms with E-state index in [2.05, 4.69) is 51.3 Å². The molecule has 4 aliphatic carbocycles. The zero-order valence-corrected chi connectivity index (χ0v) is 29.4. The molecule has 0 saturated heterocycles. The topological polar surface area (TPSA) is 114 Å². The Morgan fingerprint density at radius 3 is 2.42 bits per heavy atom. The maximum absolute atomic E-state index is 12.4. The Kier molecular flexibility index (Phi) is 11.4. The van der Waals surface area contributed by atoms with Gasteiger partial charge in [0, 0.05) is 0 Å². The lowest BCUT2D eigenvalue weighted by molar-refractivity contribution is -0.144. The number of aliphatic carboxylic acids is 1. The lowest BCUT2D eigenvalue weighted by atomic mass is 9.47. The molecular formula is C37H62N2O6. The van der Waals surface area contributed by atoms with Crippen LogP contribution in [-0.4, -0.2) is 54.0 Å². The number of amides is 2. The van der Waals surface area contributed by atoms with Gasteiger partial charge in [0.2, 0.25) is 5.91 Å². The highest BCUT2D eigenvalue weighted by Gasteiger charge is 2.59. The van der Waals surface area contributed by atoms with Crippen molar-refractivity contribution >= 4 is 18.0 Å². The van der Waals surface area contributed by atoms with Gasteiger partial charge in [-0.3, -0.25) is 4.79 Å². The average molecular weight is 631 g/mol.